The van der Waals surface area contributed by atoms with Gasteiger partial charge in [-0.1, -0.05) is 6.42 Å². The molecule has 1 aliphatic carbocycles. The number of carbonyl (C=O) groups excluding carboxylic acids is 2. The lowest BCUT2D eigenvalue weighted by Gasteiger charge is -2.28. The first-order valence-corrected chi connectivity index (χ1v) is 7.65. The van der Waals surface area contributed by atoms with Crippen molar-refractivity contribution < 1.29 is 19.5 Å². The van der Waals surface area contributed by atoms with Crippen LogP contribution in [-0.2, 0) is 9.59 Å². The molecule has 0 aromatic carbocycles. The van der Waals surface area contributed by atoms with Crippen molar-refractivity contribution in [2.45, 2.75) is 44.2 Å². The number of hydrogen-bond donors (Lipinski definition) is 3. The highest BCUT2D eigenvalue weighted by molar-refractivity contribution is 5.89. The van der Waals surface area contributed by atoms with E-state index in [1.54, 1.807) is 0 Å². The van der Waals surface area contributed by atoms with Crippen molar-refractivity contribution in [3.8, 4) is 0 Å². The lowest BCUT2D eigenvalue weighted by Crippen LogP contribution is -2.55. The largest absolute Gasteiger partial charge is 0.480 e. The van der Waals surface area contributed by atoms with E-state index in [-0.39, 0.29) is 17.7 Å². The number of carbonyl (C=O) groups is 3. The fourth-order valence-corrected chi connectivity index (χ4v) is 3.97. The first-order valence-electron chi connectivity index (χ1n) is 7.65. The van der Waals surface area contributed by atoms with Gasteiger partial charge in [0.05, 0.1) is 0 Å². The minimum Gasteiger partial charge on any atom is -0.480 e. The van der Waals surface area contributed by atoms with Gasteiger partial charge in [-0.2, -0.15) is 0 Å². The van der Waals surface area contributed by atoms with Crippen molar-refractivity contribution in [2.24, 2.45) is 11.8 Å². The summed E-state index contributed by atoms with van der Waals surface area (Å²) in [5.74, 6) is -0.765. The van der Waals surface area contributed by atoms with Crippen molar-refractivity contribution in [3.63, 3.8) is 0 Å². The molecule has 2 aliphatic heterocycles. The minimum absolute atomic E-state index is 0.0634. The minimum atomic E-state index is -0.937. The molecule has 2 saturated heterocycles. The average Bonchev–Trinajstić information content (AvgIpc) is 3.00. The Kier molecular flexibility index (Phi) is 3.73. The summed E-state index contributed by atoms with van der Waals surface area (Å²) in [6, 6.07) is -1.70. The molecule has 4 unspecified atom stereocenters. The smallest absolute Gasteiger partial charge is 0.326 e. The van der Waals surface area contributed by atoms with Crippen LogP contribution in [0, 0.1) is 11.8 Å². The first-order chi connectivity index (χ1) is 10.1. The van der Waals surface area contributed by atoms with E-state index in [0.717, 1.165) is 25.7 Å². The van der Waals surface area contributed by atoms with Crippen molar-refractivity contribution in [1.82, 2.24) is 15.5 Å². The monoisotopic (exact) mass is 295 g/mol. The Morgan fingerprint density at radius 1 is 1.24 bits per heavy atom. The van der Waals surface area contributed by atoms with E-state index in [0.29, 0.717) is 19.5 Å². The quantitative estimate of drug-likeness (QED) is 0.676. The van der Waals surface area contributed by atoms with Crippen LogP contribution in [0.25, 0.3) is 0 Å². The summed E-state index contributed by atoms with van der Waals surface area (Å²) in [6.07, 6.45) is 4.33. The number of amides is 3. The molecule has 0 aromatic heterocycles. The summed E-state index contributed by atoms with van der Waals surface area (Å²) in [7, 11) is 0. The van der Waals surface area contributed by atoms with Gasteiger partial charge in [0.2, 0.25) is 5.91 Å². The molecule has 0 radical (unpaired) electrons. The van der Waals surface area contributed by atoms with Crippen LogP contribution in [0.4, 0.5) is 4.79 Å². The molecule has 3 amide bonds. The van der Waals surface area contributed by atoms with Crippen molar-refractivity contribution in [3.05, 3.63) is 0 Å². The molecule has 4 atom stereocenters. The van der Waals surface area contributed by atoms with Gasteiger partial charge in [0.15, 0.2) is 0 Å². The van der Waals surface area contributed by atoms with Gasteiger partial charge in [-0.05, 0) is 37.5 Å². The third kappa shape index (κ3) is 2.56. The molecule has 2 heterocycles. The van der Waals surface area contributed by atoms with Gasteiger partial charge in [0, 0.05) is 13.1 Å². The summed E-state index contributed by atoms with van der Waals surface area (Å²) in [5, 5.41) is 14.8. The predicted octanol–water partition coefficient (Wildman–Crippen LogP) is 0.160. The maximum atomic E-state index is 12.4. The molecule has 3 N–H and O–H groups in total. The standard InChI is InChI=1S/C14H21N3O4/c18-12-10(5-2-6-15-12)16-14(21)17-7-8-3-1-4-9(8)11(17)13(19)20/h8-11H,1-7H2,(H,15,18)(H,16,21)(H,19,20). The highest BCUT2D eigenvalue weighted by atomic mass is 16.4. The molecule has 3 aliphatic rings. The number of fused-ring (bicyclic) bond motifs is 1. The van der Waals surface area contributed by atoms with E-state index in [1.807, 2.05) is 0 Å². The van der Waals surface area contributed by atoms with Crippen LogP contribution in [0.2, 0.25) is 0 Å². The Balaban J connectivity index is 1.68. The van der Waals surface area contributed by atoms with E-state index in [2.05, 4.69) is 10.6 Å². The number of aliphatic carboxylic acids is 1. The topological polar surface area (TPSA) is 98.7 Å². The summed E-state index contributed by atoms with van der Waals surface area (Å²) in [6.45, 7) is 1.12. The van der Waals surface area contributed by atoms with E-state index in [4.69, 9.17) is 0 Å². The van der Waals surface area contributed by atoms with Crippen LogP contribution in [0.5, 0.6) is 0 Å². The highest BCUT2D eigenvalue weighted by Crippen LogP contribution is 2.42. The lowest BCUT2D eigenvalue weighted by molar-refractivity contribution is -0.142. The van der Waals surface area contributed by atoms with E-state index in [1.165, 1.54) is 4.90 Å². The second-order valence-electron chi connectivity index (χ2n) is 6.23. The molecular formula is C14H21N3O4. The Morgan fingerprint density at radius 2 is 2.05 bits per heavy atom. The molecule has 0 bridgehead atoms. The molecule has 0 spiro atoms. The summed E-state index contributed by atoms with van der Waals surface area (Å²) >= 11 is 0. The van der Waals surface area contributed by atoms with Crippen molar-refractivity contribution in [2.75, 3.05) is 13.1 Å². The van der Waals surface area contributed by atoms with Gasteiger partial charge in [-0.25, -0.2) is 9.59 Å². The molecular weight excluding hydrogens is 274 g/mol. The number of hydrogen-bond acceptors (Lipinski definition) is 3. The van der Waals surface area contributed by atoms with Crippen molar-refractivity contribution >= 4 is 17.9 Å². The van der Waals surface area contributed by atoms with Gasteiger partial charge < -0.3 is 20.6 Å². The highest BCUT2D eigenvalue weighted by Gasteiger charge is 2.49. The Morgan fingerprint density at radius 3 is 2.76 bits per heavy atom. The van der Waals surface area contributed by atoms with Crippen LogP contribution < -0.4 is 10.6 Å². The van der Waals surface area contributed by atoms with E-state index in [9.17, 15) is 19.5 Å². The Hall–Kier alpha value is -1.79. The average molecular weight is 295 g/mol. The lowest BCUT2D eigenvalue weighted by atomic mass is 9.94. The predicted molar refractivity (Wildman–Crippen MR) is 73.5 cm³/mol. The van der Waals surface area contributed by atoms with Crippen LogP contribution in [0.1, 0.15) is 32.1 Å². The second-order valence-corrected chi connectivity index (χ2v) is 6.23. The number of likely N-dealkylation sites (tertiary alicyclic amines) is 1. The van der Waals surface area contributed by atoms with Crippen molar-refractivity contribution in [1.29, 1.82) is 0 Å². The Bertz CT molecular complexity index is 467. The molecule has 1 saturated carbocycles. The van der Waals surface area contributed by atoms with Gasteiger partial charge in [0.1, 0.15) is 12.1 Å². The summed E-state index contributed by atoms with van der Waals surface area (Å²) in [4.78, 5) is 37.0. The van der Waals surface area contributed by atoms with E-state index < -0.39 is 24.1 Å². The maximum absolute atomic E-state index is 12.4. The third-order valence-corrected chi connectivity index (χ3v) is 4.99. The zero-order valence-corrected chi connectivity index (χ0v) is 11.9. The zero-order valence-electron chi connectivity index (χ0n) is 11.9. The second kappa shape index (κ2) is 5.54. The fraction of sp³-hybridized carbons (Fsp3) is 0.786. The number of carboxylic acid groups (broad SMARTS) is 1. The number of rotatable bonds is 2. The zero-order chi connectivity index (χ0) is 15.0. The maximum Gasteiger partial charge on any atom is 0.326 e. The Labute approximate surface area is 123 Å². The van der Waals surface area contributed by atoms with E-state index >= 15 is 0 Å². The van der Waals surface area contributed by atoms with Gasteiger partial charge in [-0.3, -0.25) is 4.79 Å². The molecule has 0 aromatic rings. The van der Waals surface area contributed by atoms with Gasteiger partial charge in [-0.15, -0.1) is 0 Å². The summed E-state index contributed by atoms with van der Waals surface area (Å²) < 4.78 is 0. The van der Waals surface area contributed by atoms with Crippen LogP contribution in [0.15, 0.2) is 0 Å². The third-order valence-electron chi connectivity index (χ3n) is 4.99. The number of nitrogens with zero attached hydrogens (tertiary/aromatic N) is 1. The van der Waals surface area contributed by atoms with Gasteiger partial charge >= 0.3 is 12.0 Å². The van der Waals surface area contributed by atoms with Crippen LogP contribution in [-0.4, -0.2) is 53.1 Å². The number of urea groups is 1. The molecule has 21 heavy (non-hydrogen) atoms. The molecule has 7 nitrogen and oxygen atoms in total. The fourth-order valence-electron chi connectivity index (χ4n) is 3.97. The number of carboxylic acids is 1. The van der Waals surface area contributed by atoms with Crippen LogP contribution in [0.3, 0.4) is 0 Å². The molecule has 7 heteroatoms. The first kappa shape index (κ1) is 14.2. The SMILES string of the molecule is O=C1NCCCC1NC(=O)N1CC2CCCC2C1C(=O)O. The molecule has 116 valence electrons. The number of piperidine rings is 1. The van der Waals surface area contributed by atoms with Gasteiger partial charge in [0.25, 0.3) is 0 Å². The molecule has 3 fully saturated rings. The summed E-state index contributed by atoms with van der Waals surface area (Å²) in [5.41, 5.74) is 0. The molecule has 3 rings (SSSR count). The number of nitrogens with one attached hydrogen (secondary N) is 2. The van der Waals surface area contributed by atoms with Crippen LogP contribution >= 0.6 is 0 Å². The normalized spacial score (nSPS) is 35.2.